The van der Waals surface area contributed by atoms with Crippen molar-refractivity contribution in [3.8, 4) is 0 Å². The van der Waals surface area contributed by atoms with Crippen LogP contribution in [0.2, 0.25) is 0 Å². The molecular formula is C16H17N5O3. The molecule has 1 amide bonds. The summed E-state index contributed by atoms with van der Waals surface area (Å²) in [6, 6.07) is 3.83. The van der Waals surface area contributed by atoms with Crippen molar-refractivity contribution in [1.82, 2.24) is 24.8 Å². The lowest BCUT2D eigenvalue weighted by Gasteiger charge is -2.00. The zero-order valence-corrected chi connectivity index (χ0v) is 13.2. The number of aryl methyl sites for hydroxylation is 1. The number of pyridine rings is 1. The van der Waals surface area contributed by atoms with Crippen LogP contribution in [0.3, 0.4) is 0 Å². The van der Waals surface area contributed by atoms with Gasteiger partial charge in [-0.05, 0) is 31.4 Å². The number of aromatic nitrogens is 4. The Kier molecular flexibility index (Phi) is 3.73. The molecule has 1 aliphatic rings. The molecule has 0 unspecified atom stereocenters. The Morgan fingerprint density at radius 1 is 1.38 bits per heavy atom. The van der Waals surface area contributed by atoms with Gasteiger partial charge in [-0.25, -0.2) is 4.98 Å². The first-order chi connectivity index (χ1) is 11.7. The van der Waals surface area contributed by atoms with Crippen molar-refractivity contribution in [1.29, 1.82) is 0 Å². The summed E-state index contributed by atoms with van der Waals surface area (Å²) >= 11 is 0. The topological polar surface area (TPSA) is 94.6 Å². The molecule has 0 radical (unpaired) electrons. The van der Waals surface area contributed by atoms with Crippen LogP contribution in [0.1, 0.15) is 46.7 Å². The Hall–Kier alpha value is -2.74. The van der Waals surface area contributed by atoms with Crippen molar-refractivity contribution < 1.29 is 14.1 Å². The van der Waals surface area contributed by atoms with Crippen LogP contribution < -0.4 is 5.32 Å². The third-order valence-electron chi connectivity index (χ3n) is 3.93. The summed E-state index contributed by atoms with van der Waals surface area (Å²) in [5, 5.41) is 6.63. The van der Waals surface area contributed by atoms with Crippen molar-refractivity contribution in [3.63, 3.8) is 0 Å². The molecule has 3 aromatic heterocycles. The molecule has 124 valence electrons. The molecule has 1 aliphatic heterocycles. The first kappa shape index (κ1) is 14.8. The van der Waals surface area contributed by atoms with Crippen LogP contribution in [0.25, 0.3) is 5.65 Å². The van der Waals surface area contributed by atoms with Gasteiger partial charge in [-0.15, -0.1) is 0 Å². The quantitative estimate of drug-likeness (QED) is 0.785. The van der Waals surface area contributed by atoms with Crippen LogP contribution >= 0.6 is 0 Å². The third kappa shape index (κ3) is 2.88. The van der Waals surface area contributed by atoms with Gasteiger partial charge in [-0.1, -0.05) is 11.2 Å². The van der Waals surface area contributed by atoms with E-state index in [1.54, 1.807) is 6.20 Å². The molecule has 1 atom stereocenters. The zero-order valence-electron chi connectivity index (χ0n) is 13.2. The molecule has 3 aromatic rings. The predicted octanol–water partition coefficient (Wildman–Crippen LogP) is 1.81. The number of ether oxygens (including phenoxy) is 1. The molecule has 0 saturated carbocycles. The maximum atomic E-state index is 12.2. The van der Waals surface area contributed by atoms with Crippen molar-refractivity contribution in [3.05, 3.63) is 47.5 Å². The fourth-order valence-corrected chi connectivity index (χ4v) is 2.70. The molecule has 8 nitrogen and oxygen atoms in total. The monoisotopic (exact) mass is 327 g/mol. The van der Waals surface area contributed by atoms with Crippen LogP contribution in [0.4, 0.5) is 0 Å². The van der Waals surface area contributed by atoms with E-state index in [0.717, 1.165) is 24.1 Å². The molecule has 8 heteroatoms. The minimum absolute atomic E-state index is 0.122. The predicted molar refractivity (Wildman–Crippen MR) is 83.3 cm³/mol. The number of hydrogen-bond acceptors (Lipinski definition) is 6. The number of carbonyl (C=O) groups is 1. The Morgan fingerprint density at radius 2 is 2.29 bits per heavy atom. The fraction of sp³-hybridized carbons (Fsp3) is 0.375. The molecule has 1 saturated heterocycles. The van der Waals surface area contributed by atoms with Crippen LogP contribution in [0.15, 0.2) is 29.0 Å². The summed E-state index contributed by atoms with van der Waals surface area (Å²) in [5.74, 6) is 0.619. The number of amides is 1. The summed E-state index contributed by atoms with van der Waals surface area (Å²) in [5.41, 5.74) is 2.18. The zero-order chi connectivity index (χ0) is 16.5. The van der Waals surface area contributed by atoms with Gasteiger partial charge in [0.1, 0.15) is 17.4 Å². The van der Waals surface area contributed by atoms with E-state index in [-0.39, 0.29) is 18.6 Å². The standard InChI is InChI=1S/C16H17N5O3/c1-10-4-5-14-18-11(9-21(14)8-10)15(22)17-7-13-19-16(24-20-13)12-3-2-6-23-12/h4-5,8-9,12H,2-3,6-7H2,1H3,(H,17,22)/t12-/m0/s1. The Balaban J connectivity index is 1.42. The molecule has 0 bridgehead atoms. The Labute approximate surface area is 137 Å². The van der Waals surface area contributed by atoms with Gasteiger partial charge < -0.3 is 19.0 Å². The highest BCUT2D eigenvalue weighted by Crippen LogP contribution is 2.26. The number of nitrogens with one attached hydrogen (secondary N) is 1. The number of nitrogens with zero attached hydrogens (tertiary/aromatic N) is 4. The van der Waals surface area contributed by atoms with Gasteiger partial charge in [0.05, 0.1) is 6.54 Å². The molecule has 1 N–H and O–H groups in total. The van der Waals surface area contributed by atoms with Gasteiger partial charge in [-0.3, -0.25) is 4.79 Å². The van der Waals surface area contributed by atoms with E-state index >= 15 is 0 Å². The van der Waals surface area contributed by atoms with Crippen molar-refractivity contribution in [2.75, 3.05) is 6.61 Å². The van der Waals surface area contributed by atoms with E-state index in [1.165, 1.54) is 0 Å². The maximum absolute atomic E-state index is 12.2. The Morgan fingerprint density at radius 3 is 3.12 bits per heavy atom. The lowest BCUT2D eigenvalue weighted by molar-refractivity contribution is 0.0835. The molecular weight excluding hydrogens is 310 g/mol. The maximum Gasteiger partial charge on any atom is 0.271 e. The minimum Gasteiger partial charge on any atom is -0.368 e. The van der Waals surface area contributed by atoms with Gasteiger partial charge in [0.2, 0.25) is 0 Å². The minimum atomic E-state index is -0.278. The number of carbonyl (C=O) groups excluding carboxylic acids is 1. The van der Waals surface area contributed by atoms with Gasteiger partial charge in [0.25, 0.3) is 11.8 Å². The highest BCUT2D eigenvalue weighted by atomic mass is 16.5. The SMILES string of the molecule is Cc1ccc2nc(C(=O)NCc3noc([C@@H]4CCCO4)n3)cn2c1. The summed E-state index contributed by atoms with van der Waals surface area (Å²) in [4.78, 5) is 20.8. The lowest BCUT2D eigenvalue weighted by Crippen LogP contribution is -2.23. The second-order valence-corrected chi connectivity index (χ2v) is 5.83. The molecule has 0 aliphatic carbocycles. The van der Waals surface area contributed by atoms with Gasteiger partial charge in [-0.2, -0.15) is 4.98 Å². The average molecular weight is 327 g/mol. The van der Waals surface area contributed by atoms with E-state index in [9.17, 15) is 4.79 Å². The van der Waals surface area contributed by atoms with E-state index < -0.39 is 0 Å². The van der Waals surface area contributed by atoms with Crippen LogP contribution in [-0.2, 0) is 11.3 Å². The summed E-state index contributed by atoms with van der Waals surface area (Å²) in [6.45, 7) is 2.88. The smallest absolute Gasteiger partial charge is 0.271 e. The van der Waals surface area contributed by atoms with Gasteiger partial charge in [0, 0.05) is 19.0 Å². The van der Waals surface area contributed by atoms with Crippen molar-refractivity contribution in [2.24, 2.45) is 0 Å². The third-order valence-corrected chi connectivity index (χ3v) is 3.93. The molecule has 4 heterocycles. The normalized spacial score (nSPS) is 17.5. The second-order valence-electron chi connectivity index (χ2n) is 5.83. The lowest BCUT2D eigenvalue weighted by atomic mass is 10.2. The fourth-order valence-electron chi connectivity index (χ4n) is 2.70. The number of hydrogen-bond donors (Lipinski definition) is 1. The Bertz CT molecular complexity index is 879. The summed E-state index contributed by atoms with van der Waals surface area (Å²) in [6.07, 6.45) is 5.38. The molecule has 0 aromatic carbocycles. The highest BCUT2D eigenvalue weighted by Gasteiger charge is 2.24. The first-order valence-electron chi connectivity index (χ1n) is 7.87. The average Bonchev–Trinajstić information content (AvgIpc) is 3.30. The first-order valence-corrected chi connectivity index (χ1v) is 7.87. The summed E-state index contributed by atoms with van der Waals surface area (Å²) in [7, 11) is 0. The van der Waals surface area contributed by atoms with Crippen LogP contribution in [-0.4, -0.2) is 32.0 Å². The van der Waals surface area contributed by atoms with E-state index in [0.29, 0.717) is 24.0 Å². The van der Waals surface area contributed by atoms with E-state index in [2.05, 4.69) is 20.4 Å². The van der Waals surface area contributed by atoms with Gasteiger partial charge in [0.15, 0.2) is 5.82 Å². The van der Waals surface area contributed by atoms with Crippen LogP contribution in [0.5, 0.6) is 0 Å². The van der Waals surface area contributed by atoms with Crippen LogP contribution in [0, 0.1) is 6.92 Å². The number of rotatable bonds is 4. The largest absolute Gasteiger partial charge is 0.368 e. The number of imidazole rings is 1. The summed E-state index contributed by atoms with van der Waals surface area (Å²) < 4.78 is 12.5. The van der Waals surface area contributed by atoms with Gasteiger partial charge >= 0.3 is 0 Å². The van der Waals surface area contributed by atoms with E-state index in [1.807, 2.05) is 29.7 Å². The molecule has 4 rings (SSSR count). The van der Waals surface area contributed by atoms with Crippen molar-refractivity contribution >= 4 is 11.6 Å². The van der Waals surface area contributed by atoms with Crippen molar-refractivity contribution in [2.45, 2.75) is 32.4 Å². The molecule has 1 fully saturated rings. The number of fused-ring (bicyclic) bond motifs is 1. The molecule has 0 spiro atoms. The highest BCUT2D eigenvalue weighted by molar-refractivity contribution is 5.92. The van der Waals surface area contributed by atoms with E-state index in [4.69, 9.17) is 9.26 Å². The molecule has 24 heavy (non-hydrogen) atoms. The second kappa shape index (κ2) is 6.04.